The van der Waals surface area contributed by atoms with Crippen molar-refractivity contribution < 1.29 is 8.83 Å². The third kappa shape index (κ3) is 7.07. The molecule has 326 valence electrons. The second-order valence-corrected chi connectivity index (χ2v) is 20.6. The summed E-state index contributed by atoms with van der Waals surface area (Å²) in [6, 6.07) is 58.3. The molecule has 66 heavy (non-hydrogen) atoms. The Morgan fingerprint density at radius 2 is 0.697 bits per heavy atom. The Kier molecular flexibility index (Phi) is 9.50. The minimum atomic E-state index is 0.0200. The largest absolute Gasteiger partial charge is 0.452 e. The molecule has 0 radical (unpaired) electrons. The minimum absolute atomic E-state index is 0.0200. The maximum atomic E-state index is 6.84. The Bertz CT molecular complexity index is 3490. The van der Waals surface area contributed by atoms with Gasteiger partial charge in [-0.25, -0.2) is 0 Å². The number of hydrogen-bond donors (Lipinski definition) is 0. The van der Waals surface area contributed by atoms with Crippen molar-refractivity contribution in [3.8, 4) is 0 Å². The van der Waals surface area contributed by atoms with Gasteiger partial charge in [0.05, 0.1) is 0 Å². The predicted molar refractivity (Wildman–Crippen MR) is 282 cm³/mol. The van der Waals surface area contributed by atoms with Gasteiger partial charge < -0.3 is 18.6 Å². The summed E-state index contributed by atoms with van der Waals surface area (Å²) >= 11 is 0. The molecule has 0 aliphatic rings. The van der Waals surface area contributed by atoms with Crippen molar-refractivity contribution in [1.82, 2.24) is 0 Å². The molecule has 0 spiro atoms. The van der Waals surface area contributed by atoms with Crippen LogP contribution in [0.3, 0.4) is 0 Å². The van der Waals surface area contributed by atoms with Gasteiger partial charge in [-0.05, 0) is 203 Å². The molecule has 2 heterocycles. The highest BCUT2D eigenvalue weighted by atomic mass is 16.4. The summed E-state index contributed by atoms with van der Waals surface area (Å²) in [6.07, 6.45) is 0. The molecular formula is C62H56N2O2. The van der Waals surface area contributed by atoms with E-state index in [-0.39, 0.29) is 10.8 Å². The molecule has 4 nitrogen and oxygen atoms in total. The number of anilines is 6. The van der Waals surface area contributed by atoms with Gasteiger partial charge in [-0.2, -0.15) is 0 Å². The fourth-order valence-corrected chi connectivity index (χ4v) is 9.65. The summed E-state index contributed by atoms with van der Waals surface area (Å²) in [5.74, 6) is 0. The molecule has 0 saturated carbocycles. The van der Waals surface area contributed by atoms with Gasteiger partial charge in [0.2, 0.25) is 0 Å². The van der Waals surface area contributed by atoms with Crippen molar-refractivity contribution >= 4 is 99.5 Å². The zero-order chi connectivity index (χ0) is 45.8. The highest BCUT2D eigenvalue weighted by Crippen LogP contribution is 2.45. The number of furan rings is 2. The van der Waals surface area contributed by atoms with Crippen LogP contribution in [-0.2, 0) is 10.8 Å². The van der Waals surface area contributed by atoms with E-state index in [4.69, 9.17) is 8.83 Å². The molecule has 0 fully saturated rings. The number of aryl methyl sites for hydroxylation is 4. The summed E-state index contributed by atoms with van der Waals surface area (Å²) in [5.41, 5.74) is 17.7. The molecule has 0 unspecified atom stereocenters. The highest BCUT2D eigenvalue weighted by molar-refractivity contribution is 6.21. The molecule has 2 aromatic heterocycles. The van der Waals surface area contributed by atoms with Crippen LogP contribution in [0.4, 0.5) is 34.1 Å². The SMILES string of the molecule is Cc1ccc(N(c2cccc(C(C)(C)C)c2)c2ccc3cc4c(cc3c2)oc2c4ccc3c4cc5ccc(N(c6cccc(C(C)(C)C)c6)c6ccc(C)c(C)c6)cc5cc4oc32)cc1C. The standard InChI is InChI=1S/C62H56N2O2/c1-37-17-21-49(27-39(37)3)63(47-15-11-13-45(35-47)61(5,6)7)51-23-19-41-31-55-53-25-26-54-56-32-42-20-24-52(30-44(42)34-58(56)66-60(54)59(53)65-57(55)33-43(41)29-51)64(50-22-18-38(2)40(4)28-50)48-16-12-14-46(36-48)62(8,9)10/h11-36H,1-10H3. The molecule has 0 aliphatic heterocycles. The van der Waals surface area contributed by atoms with Crippen LogP contribution >= 0.6 is 0 Å². The van der Waals surface area contributed by atoms with Crippen LogP contribution in [0.2, 0.25) is 0 Å². The van der Waals surface area contributed by atoms with Gasteiger partial charge in [-0.15, -0.1) is 0 Å². The maximum absolute atomic E-state index is 6.84. The normalized spacial score (nSPS) is 12.4. The van der Waals surface area contributed by atoms with Crippen LogP contribution in [0, 0.1) is 27.7 Å². The number of benzene rings is 9. The Balaban J connectivity index is 1.02. The number of hydrogen-bond acceptors (Lipinski definition) is 4. The van der Waals surface area contributed by atoms with Gasteiger partial charge >= 0.3 is 0 Å². The molecule has 0 saturated heterocycles. The third-order valence-corrected chi connectivity index (χ3v) is 13.9. The lowest BCUT2D eigenvalue weighted by Gasteiger charge is -2.28. The Morgan fingerprint density at radius 1 is 0.318 bits per heavy atom. The zero-order valence-corrected chi connectivity index (χ0v) is 39.7. The summed E-state index contributed by atoms with van der Waals surface area (Å²) in [7, 11) is 0. The van der Waals surface area contributed by atoms with Gasteiger partial charge in [0, 0.05) is 55.7 Å². The van der Waals surface area contributed by atoms with E-state index in [1.807, 2.05) is 0 Å². The van der Waals surface area contributed by atoms with E-state index in [0.717, 1.165) is 99.5 Å². The molecule has 0 N–H and O–H groups in total. The lowest BCUT2D eigenvalue weighted by atomic mass is 9.87. The van der Waals surface area contributed by atoms with E-state index < -0.39 is 0 Å². The van der Waals surface area contributed by atoms with Crippen LogP contribution in [0.25, 0.3) is 65.4 Å². The van der Waals surface area contributed by atoms with Gasteiger partial charge in [-0.1, -0.05) is 90.1 Å². The van der Waals surface area contributed by atoms with Crippen LogP contribution in [0.1, 0.15) is 74.9 Å². The van der Waals surface area contributed by atoms with Crippen LogP contribution < -0.4 is 9.80 Å². The monoisotopic (exact) mass is 860 g/mol. The second-order valence-electron chi connectivity index (χ2n) is 20.6. The van der Waals surface area contributed by atoms with E-state index in [0.29, 0.717) is 0 Å². The minimum Gasteiger partial charge on any atom is -0.452 e. The van der Waals surface area contributed by atoms with Crippen LogP contribution in [0.5, 0.6) is 0 Å². The first-order valence-electron chi connectivity index (χ1n) is 23.2. The topological polar surface area (TPSA) is 32.8 Å². The number of rotatable bonds is 6. The lowest BCUT2D eigenvalue weighted by molar-refractivity contribution is 0.590. The molecule has 0 atom stereocenters. The number of nitrogens with zero attached hydrogens (tertiary/aromatic N) is 2. The van der Waals surface area contributed by atoms with Crippen molar-refractivity contribution in [3.63, 3.8) is 0 Å². The Morgan fingerprint density at radius 3 is 1.09 bits per heavy atom. The first-order valence-corrected chi connectivity index (χ1v) is 23.2. The molecule has 11 aromatic rings. The summed E-state index contributed by atoms with van der Waals surface area (Å²) in [4.78, 5) is 4.75. The van der Waals surface area contributed by atoms with Gasteiger partial charge in [0.1, 0.15) is 11.2 Å². The second kappa shape index (κ2) is 15.1. The van der Waals surface area contributed by atoms with E-state index in [9.17, 15) is 0 Å². The summed E-state index contributed by atoms with van der Waals surface area (Å²) in [5, 5.41) is 8.79. The summed E-state index contributed by atoms with van der Waals surface area (Å²) < 4.78 is 13.7. The first kappa shape index (κ1) is 41.4. The predicted octanol–water partition coefficient (Wildman–Crippen LogP) is 18.6. The van der Waals surface area contributed by atoms with E-state index >= 15 is 0 Å². The van der Waals surface area contributed by atoms with Crippen molar-refractivity contribution in [3.05, 3.63) is 191 Å². The van der Waals surface area contributed by atoms with Crippen LogP contribution in [-0.4, -0.2) is 0 Å². The van der Waals surface area contributed by atoms with Crippen molar-refractivity contribution in [2.75, 3.05) is 9.80 Å². The first-order chi connectivity index (χ1) is 31.6. The Labute approximate surface area is 387 Å². The maximum Gasteiger partial charge on any atom is 0.178 e. The zero-order valence-electron chi connectivity index (χ0n) is 39.7. The molecule has 9 aromatic carbocycles. The van der Waals surface area contributed by atoms with Gasteiger partial charge in [-0.3, -0.25) is 0 Å². The van der Waals surface area contributed by atoms with Gasteiger partial charge in [0.25, 0.3) is 0 Å². The van der Waals surface area contributed by atoms with Crippen molar-refractivity contribution in [1.29, 1.82) is 0 Å². The third-order valence-electron chi connectivity index (χ3n) is 13.9. The van der Waals surface area contributed by atoms with E-state index in [1.165, 1.54) is 33.4 Å². The van der Waals surface area contributed by atoms with Crippen molar-refractivity contribution in [2.24, 2.45) is 0 Å². The molecule has 4 heteroatoms. The fraction of sp³-hybridized carbons (Fsp3) is 0.194. The quantitative estimate of drug-likeness (QED) is 0.167. The molecule has 0 bridgehead atoms. The molecular weight excluding hydrogens is 805 g/mol. The average Bonchev–Trinajstić information content (AvgIpc) is 3.84. The van der Waals surface area contributed by atoms with Crippen molar-refractivity contribution in [2.45, 2.75) is 80.1 Å². The van der Waals surface area contributed by atoms with E-state index in [2.05, 4.69) is 237 Å². The highest BCUT2D eigenvalue weighted by Gasteiger charge is 2.22. The number of fused-ring (bicyclic) bond motifs is 9. The van der Waals surface area contributed by atoms with Crippen LogP contribution in [0.15, 0.2) is 167 Å². The lowest BCUT2D eigenvalue weighted by Crippen LogP contribution is -2.14. The Hall–Kier alpha value is -7.30. The average molecular weight is 861 g/mol. The smallest absolute Gasteiger partial charge is 0.178 e. The van der Waals surface area contributed by atoms with E-state index in [1.54, 1.807) is 0 Å². The molecule has 11 rings (SSSR count). The summed E-state index contributed by atoms with van der Waals surface area (Å²) in [6.45, 7) is 22.3. The van der Waals surface area contributed by atoms with Gasteiger partial charge in [0.15, 0.2) is 11.2 Å². The fourth-order valence-electron chi connectivity index (χ4n) is 9.65. The molecule has 0 amide bonds. The molecule has 0 aliphatic carbocycles.